The van der Waals surface area contributed by atoms with Crippen LogP contribution >= 0.6 is 11.6 Å². The number of aromatic nitrogens is 2. The number of aryl methyl sites for hydroxylation is 1. The van der Waals surface area contributed by atoms with Gasteiger partial charge in [0.25, 0.3) is 0 Å². The van der Waals surface area contributed by atoms with E-state index in [-0.39, 0.29) is 11.8 Å². The van der Waals surface area contributed by atoms with Gasteiger partial charge in [-0.3, -0.25) is 4.79 Å². The van der Waals surface area contributed by atoms with Gasteiger partial charge in [-0.05, 0) is 36.8 Å². The predicted molar refractivity (Wildman–Crippen MR) is 90.4 cm³/mol. The van der Waals surface area contributed by atoms with Crippen LogP contribution in [0.1, 0.15) is 16.2 Å². The molecule has 1 N–H and O–H groups in total. The standard InChI is InChI=1S/C17H13ClFN3O3/c1-9-6-13(14(24-2)8-12(9)18)20-15(23)17-22-21-16(25-17)10-4-3-5-11(19)7-10/h3-8H,1-2H3,(H,20,23). The Hall–Kier alpha value is -2.93. The van der Waals surface area contributed by atoms with E-state index in [1.54, 1.807) is 25.1 Å². The number of methoxy groups -OCH3 is 1. The zero-order chi connectivity index (χ0) is 18.0. The molecular formula is C17H13ClFN3O3. The summed E-state index contributed by atoms with van der Waals surface area (Å²) in [5.74, 6) is -0.870. The van der Waals surface area contributed by atoms with Crippen molar-refractivity contribution in [3.63, 3.8) is 0 Å². The van der Waals surface area contributed by atoms with E-state index in [4.69, 9.17) is 20.8 Å². The first-order chi connectivity index (χ1) is 12.0. The number of hydrogen-bond acceptors (Lipinski definition) is 5. The summed E-state index contributed by atoms with van der Waals surface area (Å²) >= 11 is 6.04. The lowest BCUT2D eigenvalue weighted by Crippen LogP contribution is -2.13. The van der Waals surface area contributed by atoms with Crippen molar-refractivity contribution < 1.29 is 18.3 Å². The monoisotopic (exact) mass is 361 g/mol. The van der Waals surface area contributed by atoms with Gasteiger partial charge in [0.1, 0.15) is 11.6 Å². The number of hydrogen-bond donors (Lipinski definition) is 1. The maximum atomic E-state index is 13.3. The molecule has 0 aliphatic rings. The van der Waals surface area contributed by atoms with E-state index in [0.29, 0.717) is 22.0 Å². The third-order valence-electron chi connectivity index (χ3n) is 3.42. The van der Waals surface area contributed by atoms with E-state index >= 15 is 0 Å². The highest BCUT2D eigenvalue weighted by molar-refractivity contribution is 6.31. The Morgan fingerprint density at radius 1 is 1.28 bits per heavy atom. The molecule has 0 aliphatic carbocycles. The van der Waals surface area contributed by atoms with E-state index in [1.807, 2.05) is 0 Å². The lowest BCUT2D eigenvalue weighted by atomic mass is 10.2. The first kappa shape index (κ1) is 16.9. The maximum absolute atomic E-state index is 13.3. The Morgan fingerprint density at radius 3 is 2.80 bits per heavy atom. The Morgan fingerprint density at radius 2 is 2.08 bits per heavy atom. The second kappa shape index (κ2) is 6.90. The minimum Gasteiger partial charge on any atom is -0.495 e. The molecule has 1 amide bonds. The SMILES string of the molecule is COc1cc(Cl)c(C)cc1NC(=O)c1nnc(-c2cccc(F)c2)o1. The van der Waals surface area contributed by atoms with E-state index < -0.39 is 11.7 Å². The van der Waals surface area contributed by atoms with E-state index in [0.717, 1.165) is 5.56 Å². The van der Waals surface area contributed by atoms with Crippen LogP contribution in [-0.4, -0.2) is 23.2 Å². The lowest BCUT2D eigenvalue weighted by molar-refractivity contribution is 0.0990. The van der Waals surface area contributed by atoms with Gasteiger partial charge in [-0.25, -0.2) is 4.39 Å². The molecule has 0 atom stereocenters. The second-order valence-corrected chi connectivity index (χ2v) is 5.59. The number of amides is 1. The molecule has 0 radical (unpaired) electrons. The molecule has 3 aromatic rings. The fraction of sp³-hybridized carbons (Fsp3) is 0.118. The van der Waals surface area contributed by atoms with Gasteiger partial charge >= 0.3 is 11.8 Å². The summed E-state index contributed by atoms with van der Waals surface area (Å²) in [5, 5.41) is 10.6. The summed E-state index contributed by atoms with van der Waals surface area (Å²) in [6, 6.07) is 8.91. The first-order valence-electron chi connectivity index (χ1n) is 7.23. The minimum absolute atomic E-state index is 0.0453. The zero-order valence-corrected chi connectivity index (χ0v) is 14.1. The van der Waals surface area contributed by atoms with Crippen molar-refractivity contribution in [3.8, 4) is 17.2 Å². The molecule has 0 saturated heterocycles. The van der Waals surface area contributed by atoms with Crippen LogP contribution in [0.15, 0.2) is 40.8 Å². The van der Waals surface area contributed by atoms with Crippen LogP contribution in [0, 0.1) is 12.7 Å². The fourth-order valence-corrected chi connectivity index (χ4v) is 2.31. The van der Waals surface area contributed by atoms with Crippen LogP contribution in [0.4, 0.5) is 10.1 Å². The molecule has 0 saturated carbocycles. The maximum Gasteiger partial charge on any atom is 0.313 e. The molecule has 1 heterocycles. The van der Waals surface area contributed by atoms with Crippen molar-refractivity contribution in [2.75, 3.05) is 12.4 Å². The summed E-state index contributed by atoms with van der Waals surface area (Å²) in [7, 11) is 1.46. The molecule has 0 fully saturated rings. The zero-order valence-electron chi connectivity index (χ0n) is 13.3. The molecule has 6 nitrogen and oxygen atoms in total. The number of rotatable bonds is 4. The lowest BCUT2D eigenvalue weighted by Gasteiger charge is -2.11. The molecule has 0 spiro atoms. The van der Waals surface area contributed by atoms with Crippen LogP contribution in [0.5, 0.6) is 5.75 Å². The predicted octanol–water partition coefficient (Wildman–Crippen LogP) is 4.10. The van der Waals surface area contributed by atoms with Gasteiger partial charge in [0.05, 0.1) is 12.8 Å². The Labute approximate surface area is 147 Å². The molecule has 25 heavy (non-hydrogen) atoms. The minimum atomic E-state index is -0.616. The molecule has 0 unspecified atom stereocenters. The van der Waals surface area contributed by atoms with Crippen LogP contribution < -0.4 is 10.1 Å². The molecule has 0 aliphatic heterocycles. The van der Waals surface area contributed by atoms with Gasteiger partial charge in [-0.15, -0.1) is 10.2 Å². The number of ether oxygens (including phenoxy) is 1. The Bertz CT molecular complexity index is 943. The molecule has 2 aromatic carbocycles. The second-order valence-electron chi connectivity index (χ2n) is 5.18. The summed E-state index contributed by atoms with van der Waals surface area (Å²) in [6.07, 6.45) is 0. The summed E-state index contributed by atoms with van der Waals surface area (Å²) in [6.45, 7) is 1.80. The van der Waals surface area contributed by atoms with E-state index in [2.05, 4.69) is 15.5 Å². The van der Waals surface area contributed by atoms with Crippen molar-refractivity contribution in [1.29, 1.82) is 0 Å². The number of carbonyl (C=O) groups excluding carboxylic acids is 1. The number of nitrogens with one attached hydrogen (secondary N) is 1. The molecule has 8 heteroatoms. The highest BCUT2D eigenvalue weighted by Gasteiger charge is 2.18. The van der Waals surface area contributed by atoms with Crippen molar-refractivity contribution >= 4 is 23.2 Å². The number of halogens is 2. The van der Waals surface area contributed by atoms with Crippen molar-refractivity contribution in [2.24, 2.45) is 0 Å². The van der Waals surface area contributed by atoms with Crippen molar-refractivity contribution in [2.45, 2.75) is 6.92 Å². The average molecular weight is 362 g/mol. The molecule has 1 aromatic heterocycles. The Balaban J connectivity index is 1.84. The number of carbonyl (C=O) groups is 1. The summed E-state index contributed by atoms with van der Waals surface area (Å²) in [4.78, 5) is 12.3. The quantitative estimate of drug-likeness (QED) is 0.757. The smallest absolute Gasteiger partial charge is 0.313 e. The Kier molecular flexibility index (Phi) is 4.67. The van der Waals surface area contributed by atoms with Crippen LogP contribution in [0.2, 0.25) is 5.02 Å². The van der Waals surface area contributed by atoms with Gasteiger partial charge < -0.3 is 14.5 Å². The first-order valence-corrected chi connectivity index (χ1v) is 7.60. The summed E-state index contributed by atoms with van der Waals surface area (Å²) in [5.41, 5.74) is 1.56. The van der Waals surface area contributed by atoms with Gasteiger partial charge in [0, 0.05) is 16.7 Å². The average Bonchev–Trinajstić information content (AvgIpc) is 3.08. The van der Waals surface area contributed by atoms with Gasteiger partial charge in [0.15, 0.2) is 0 Å². The molecule has 0 bridgehead atoms. The van der Waals surface area contributed by atoms with E-state index in [1.165, 1.54) is 25.3 Å². The van der Waals surface area contributed by atoms with E-state index in [9.17, 15) is 9.18 Å². The highest BCUT2D eigenvalue weighted by Crippen LogP contribution is 2.31. The van der Waals surface area contributed by atoms with Crippen LogP contribution in [0.25, 0.3) is 11.5 Å². The third-order valence-corrected chi connectivity index (χ3v) is 3.83. The highest BCUT2D eigenvalue weighted by atomic mass is 35.5. The van der Waals surface area contributed by atoms with Crippen LogP contribution in [0.3, 0.4) is 0 Å². The molecule has 3 rings (SSSR count). The number of anilines is 1. The van der Waals surface area contributed by atoms with Crippen molar-refractivity contribution in [1.82, 2.24) is 10.2 Å². The van der Waals surface area contributed by atoms with Gasteiger partial charge in [-0.2, -0.15) is 0 Å². The van der Waals surface area contributed by atoms with Crippen LogP contribution in [-0.2, 0) is 0 Å². The van der Waals surface area contributed by atoms with Gasteiger partial charge in [0.2, 0.25) is 5.89 Å². The number of benzene rings is 2. The number of nitrogens with zero attached hydrogens (tertiary/aromatic N) is 2. The summed E-state index contributed by atoms with van der Waals surface area (Å²) < 4.78 is 23.8. The normalized spacial score (nSPS) is 10.6. The topological polar surface area (TPSA) is 77.2 Å². The fourth-order valence-electron chi connectivity index (χ4n) is 2.16. The molecule has 128 valence electrons. The van der Waals surface area contributed by atoms with Crippen molar-refractivity contribution in [3.05, 3.63) is 58.7 Å². The molecular weight excluding hydrogens is 349 g/mol. The third kappa shape index (κ3) is 3.61. The van der Waals surface area contributed by atoms with Gasteiger partial charge in [-0.1, -0.05) is 17.7 Å². The largest absolute Gasteiger partial charge is 0.495 e.